The Labute approximate surface area is 139 Å². The number of hydrogen-bond acceptors (Lipinski definition) is 3. The molecule has 1 aromatic carbocycles. The Morgan fingerprint density at radius 2 is 2.00 bits per heavy atom. The lowest BCUT2D eigenvalue weighted by Gasteiger charge is -2.12. The second-order valence-corrected chi connectivity index (χ2v) is 7.03. The fourth-order valence-corrected chi connectivity index (χ4v) is 3.30. The summed E-state index contributed by atoms with van der Waals surface area (Å²) in [6.45, 7) is 5.16. The molecule has 114 valence electrons. The predicted molar refractivity (Wildman–Crippen MR) is 93.8 cm³/mol. The highest BCUT2D eigenvalue weighted by Gasteiger charge is 2.11. The van der Waals surface area contributed by atoms with Gasteiger partial charge >= 0.3 is 0 Å². The maximum absolute atomic E-state index is 6.29. The van der Waals surface area contributed by atoms with Crippen LogP contribution in [0.4, 0.5) is 0 Å². The molecular weight excluding hydrogens is 346 g/mol. The average molecular weight is 368 g/mol. The third-order valence-corrected chi connectivity index (χ3v) is 5.05. The van der Waals surface area contributed by atoms with Crippen molar-refractivity contribution in [1.82, 2.24) is 9.78 Å². The third-order valence-electron chi connectivity index (χ3n) is 3.32. The fraction of sp³-hybridized carbons (Fsp3) is 0.438. The maximum atomic E-state index is 6.29. The van der Waals surface area contributed by atoms with Crippen LogP contribution in [0.1, 0.15) is 25.2 Å². The van der Waals surface area contributed by atoms with Crippen molar-refractivity contribution in [3.8, 4) is 0 Å². The number of benzene rings is 1. The van der Waals surface area contributed by atoms with Crippen LogP contribution in [0, 0.1) is 0 Å². The number of nitrogens with zero attached hydrogens (tertiary/aromatic N) is 2. The Bertz CT molecular complexity index is 565. The first-order valence-corrected chi connectivity index (χ1v) is 9.09. The summed E-state index contributed by atoms with van der Waals surface area (Å²) in [5.41, 5.74) is 8.69. The van der Waals surface area contributed by atoms with E-state index in [1.54, 1.807) is 11.8 Å². The van der Waals surface area contributed by atoms with E-state index in [0.717, 1.165) is 35.3 Å². The van der Waals surface area contributed by atoms with E-state index in [9.17, 15) is 0 Å². The third kappa shape index (κ3) is 4.87. The number of thioether (sulfide) groups is 1. The first-order valence-electron chi connectivity index (χ1n) is 7.32. The number of hydrogen-bond donors (Lipinski definition) is 1. The molecule has 0 amide bonds. The molecule has 1 unspecified atom stereocenters. The fourth-order valence-electron chi connectivity index (χ4n) is 2.19. The maximum Gasteiger partial charge on any atom is 0.0624 e. The number of nitrogens with two attached hydrogens (primary N) is 1. The van der Waals surface area contributed by atoms with E-state index < -0.39 is 0 Å². The molecule has 0 fully saturated rings. The van der Waals surface area contributed by atoms with Crippen molar-refractivity contribution in [2.45, 2.75) is 44.2 Å². The molecule has 1 heterocycles. The molecule has 2 aromatic rings. The summed E-state index contributed by atoms with van der Waals surface area (Å²) in [5, 5.41) is 4.58. The van der Waals surface area contributed by atoms with E-state index >= 15 is 0 Å². The van der Waals surface area contributed by atoms with Crippen LogP contribution in [0.5, 0.6) is 0 Å². The lowest BCUT2D eigenvalue weighted by Crippen LogP contribution is -2.26. The summed E-state index contributed by atoms with van der Waals surface area (Å²) in [6.07, 6.45) is 1.85. The summed E-state index contributed by atoms with van der Waals surface area (Å²) < 4.78 is 3.18. The minimum atomic E-state index is 0.144. The largest absolute Gasteiger partial charge is 0.327 e. The molecule has 0 aliphatic heterocycles. The molecule has 0 aliphatic carbocycles. The number of aryl methyl sites for hydroxylation is 2. The van der Waals surface area contributed by atoms with Gasteiger partial charge in [-0.15, -0.1) is 11.8 Å². The van der Waals surface area contributed by atoms with Gasteiger partial charge in [0.2, 0.25) is 0 Å². The number of halogens is 1. The van der Waals surface area contributed by atoms with Crippen molar-refractivity contribution in [2.75, 3.05) is 5.75 Å². The van der Waals surface area contributed by atoms with Gasteiger partial charge in [-0.2, -0.15) is 5.10 Å². The van der Waals surface area contributed by atoms with Gasteiger partial charge in [-0.3, -0.25) is 4.68 Å². The van der Waals surface area contributed by atoms with Gasteiger partial charge in [0.25, 0.3) is 0 Å². The minimum absolute atomic E-state index is 0.144. The number of rotatable bonds is 7. The van der Waals surface area contributed by atoms with E-state index in [-0.39, 0.29) is 6.04 Å². The highest BCUT2D eigenvalue weighted by atomic mass is 79.9. The molecule has 3 nitrogen and oxygen atoms in total. The first-order chi connectivity index (χ1) is 10.1. The van der Waals surface area contributed by atoms with E-state index in [0.29, 0.717) is 0 Å². The van der Waals surface area contributed by atoms with E-state index in [2.05, 4.69) is 69.9 Å². The molecule has 0 bridgehead atoms. The minimum Gasteiger partial charge on any atom is -0.327 e. The standard InChI is InChI=1S/C16H22BrN3S/c1-3-14-10-15(20(4-2)19-14)9-13(18)11-21-16-7-5-12(17)6-8-16/h5-8,10,13H,3-4,9,11,18H2,1-2H3. The van der Waals surface area contributed by atoms with Crippen LogP contribution >= 0.6 is 27.7 Å². The Kier molecular flexibility index (Phi) is 6.33. The van der Waals surface area contributed by atoms with Crippen LogP contribution in [0.25, 0.3) is 0 Å². The van der Waals surface area contributed by atoms with Crippen LogP contribution in [-0.2, 0) is 19.4 Å². The van der Waals surface area contributed by atoms with Gasteiger partial charge in [-0.1, -0.05) is 22.9 Å². The van der Waals surface area contributed by atoms with Gasteiger partial charge in [-0.05, 0) is 43.7 Å². The van der Waals surface area contributed by atoms with Crippen molar-refractivity contribution < 1.29 is 0 Å². The van der Waals surface area contributed by atoms with Gasteiger partial charge in [-0.25, -0.2) is 0 Å². The Balaban J connectivity index is 1.90. The average Bonchev–Trinajstić information content (AvgIpc) is 2.89. The molecule has 2 rings (SSSR count). The molecule has 0 saturated carbocycles. The molecule has 5 heteroatoms. The van der Waals surface area contributed by atoms with Gasteiger partial charge in [0.1, 0.15) is 0 Å². The SMILES string of the molecule is CCc1cc(CC(N)CSc2ccc(Br)cc2)n(CC)n1. The summed E-state index contributed by atoms with van der Waals surface area (Å²) in [7, 11) is 0. The first kappa shape index (κ1) is 16.6. The Hall–Kier alpha value is -0.780. The molecule has 0 aliphatic rings. The zero-order chi connectivity index (χ0) is 15.2. The van der Waals surface area contributed by atoms with Crippen molar-refractivity contribution in [3.63, 3.8) is 0 Å². The molecule has 1 aromatic heterocycles. The lowest BCUT2D eigenvalue weighted by molar-refractivity contribution is 0.592. The Morgan fingerprint density at radius 1 is 1.29 bits per heavy atom. The topological polar surface area (TPSA) is 43.8 Å². The van der Waals surface area contributed by atoms with E-state index in [1.165, 1.54) is 10.6 Å². The zero-order valence-corrected chi connectivity index (χ0v) is 15.0. The summed E-state index contributed by atoms with van der Waals surface area (Å²) >= 11 is 5.26. The van der Waals surface area contributed by atoms with Crippen LogP contribution in [0.3, 0.4) is 0 Å². The van der Waals surface area contributed by atoms with Crippen LogP contribution in [-0.4, -0.2) is 21.6 Å². The van der Waals surface area contributed by atoms with Crippen LogP contribution in [0.15, 0.2) is 39.7 Å². The molecule has 2 N–H and O–H groups in total. The van der Waals surface area contributed by atoms with Gasteiger partial charge < -0.3 is 5.73 Å². The smallest absolute Gasteiger partial charge is 0.0624 e. The summed E-state index contributed by atoms with van der Waals surface area (Å²) in [4.78, 5) is 1.26. The zero-order valence-electron chi connectivity index (χ0n) is 12.6. The van der Waals surface area contributed by atoms with Crippen LogP contribution in [0.2, 0.25) is 0 Å². The molecular formula is C16H22BrN3S. The summed E-state index contributed by atoms with van der Waals surface area (Å²) in [5.74, 6) is 0.915. The lowest BCUT2D eigenvalue weighted by atomic mass is 10.2. The highest BCUT2D eigenvalue weighted by molar-refractivity contribution is 9.10. The van der Waals surface area contributed by atoms with Gasteiger partial charge in [0, 0.05) is 39.8 Å². The van der Waals surface area contributed by atoms with E-state index in [4.69, 9.17) is 5.73 Å². The Morgan fingerprint density at radius 3 is 2.62 bits per heavy atom. The van der Waals surface area contributed by atoms with Crippen molar-refractivity contribution >= 4 is 27.7 Å². The quantitative estimate of drug-likeness (QED) is 0.754. The molecule has 1 atom stereocenters. The highest BCUT2D eigenvalue weighted by Crippen LogP contribution is 2.21. The second kappa shape index (κ2) is 8.01. The molecule has 0 radical (unpaired) electrons. The van der Waals surface area contributed by atoms with Crippen molar-refractivity contribution in [1.29, 1.82) is 0 Å². The van der Waals surface area contributed by atoms with Crippen molar-refractivity contribution in [2.24, 2.45) is 5.73 Å². The molecule has 21 heavy (non-hydrogen) atoms. The summed E-state index contributed by atoms with van der Waals surface area (Å²) in [6, 6.07) is 10.7. The molecule has 0 spiro atoms. The molecule has 0 saturated heterocycles. The van der Waals surface area contributed by atoms with Gasteiger partial charge in [0.15, 0.2) is 0 Å². The predicted octanol–water partition coefficient (Wildman–Crippen LogP) is 3.89. The monoisotopic (exact) mass is 367 g/mol. The van der Waals surface area contributed by atoms with E-state index in [1.807, 2.05) is 0 Å². The van der Waals surface area contributed by atoms with Gasteiger partial charge in [0.05, 0.1) is 5.69 Å². The van der Waals surface area contributed by atoms with Crippen LogP contribution < -0.4 is 5.73 Å². The second-order valence-electron chi connectivity index (χ2n) is 5.03. The number of aromatic nitrogens is 2. The van der Waals surface area contributed by atoms with Crippen molar-refractivity contribution in [3.05, 3.63) is 46.2 Å². The normalized spacial score (nSPS) is 12.6.